The van der Waals surface area contributed by atoms with Crippen molar-refractivity contribution in [3.63, 3.8) is 0 Å². The van der Waals surface area contributed by atoms with E-state index >= 15 is 0 Å². The van der Waals surface area contributed by atoms with E-state index in [-0.39, 0.29) is 0 Å². The first kappa shape index (κ1) is 20.0. The summed E-state index contributed by atoms with van der Waals surface area (Å²) in [4.78, 5) is 2.14. The minimum absolute atomic E-state index is 0.509. The number of halogens is 2. The van der Waals surface area contributed by atoms with E-state index in [0.29, 0.717) is 27.5 Å². The van der Waals surface area contributed by atoms with Crippen LogP contribution in [-0.2, 0) is 6.54 Å². The largest absolute Gasteiger partial charge is 0.362 e. The number of benzene rings is 1. The first-order valence-corrected chi connectivity index (χ1v) is 9.20. The van der Waals surface area contributed by atoms with E-state index in [2.05, 4.69) is 34.7 Å². The van der Waals surface area contributed by atoms with Crippen LogP contribution in [0, 0.1) is 6.92 Å². The zero-order chi connectivity index (χ0) is 18.4. The summed E-state index contributed by atoms with van der Waals surface area (Å²) in [7, 11) is 4.11. The van der Waals surface area contributed by atoms with Crippen LogP contribution in [0.25, 0.3) is 0 Å². The summed E-state index contributed by atoms with van der Waals surface area (Å²) in [6.07, 6.45) is 1.02. The number of aromatic nitrogens is 2. The number of thiocarbonyl (C=S) groups is 1. The fourth-order valence-electron chi connectivity index (χ4n) is 2.32. The molecule has 2 aromatic rings. The topological polar surface area (TPSA) is 45.1 Å². The molecule has 0 spiro atoms. The highest BCUT2D eigenvalue weighted by Crippen LogP contribution is 2.25. The van der Waals surface area contributed by atoms with Crippen molar-refractivity contribution in [3.05, 3.63) is 45.6 Å². The summed E-state index contributed by atoms with van der Waals surface area (Å²) in [6.45, 7) is 4.33. The van der Waals surface area contributed by atoms with Gasteiger partial charge in [-0.15, -0.1) is 0 Å². The van der Waals surface area contributed by atoms with Crippen molar-refractivity contribution in [1.29, 1.82) is 0 Å². The lowest BCUT2D eigenvalue weighted by atomic mass is 10.2. The lowest BCUT2D eigenvalue weighted by molar-refractivity contribution is 0.400. The molecule has 25 heavy (non-hydrogen) atoms. The molecular formula is C17H23Cl2N5S. The van der Waals surface area contributed by atoms with Crippen LogP contribution in [0.2, 0.25) is 10.0 Å². The average molecular weight is 400 g/mol. The highest BCUT2D eigenvalue weighted by atomic mass is 35.5. The number of hydrogen-bond donors (Lipinski definition) is 2. The smallest absolute Gasteiger partial charge is 0.171 e. The van der Waals surface area contributed by atoms with Gasteiger partial charge in [0, 0.05) is 33.9 Å². The molecule has 5 nitrogen and oxygen atoms in total. The first-order valence-electron chi connectivity index (χ1n) is 8.03. The van der Waals surface area contributed by atoms with Crippen molar-refractivity contribution in [3.8, 4) is 0 Å². The number of anilines is 1. The van der Waals surface area contributed by atoms with Crippen LogP contribution in [0.4, 0.5) is 5.82 Å². The summed E-state index contributed by atoms with van der Waals surface area (Å²) >= 11 is 17.8. The van der Waals surface area contributed by atoms with Crippen molar-refractivity contribution in [2.24, 2.45) is 0 Å². The second kappa shape index (κ2) is 9.38. The highest BCUT2D eigenvalue weighted by molar-refractivity contribution is 7.80. The van der Waals surface area contributed by atoms with Gasteiger partial charge >= 0.3 is 0 Å². The Balaban J connectivity index is 1.94. The number of rotatable bonds is 7. The fourth-order valence-corrected chi connectivity index (χ4v) is 3.05. The Bertz CT molecular complexity index is 710. The Hall–Kier alpha value is -1.34. The zero-order valence-corrected chi connectivity index (χ0v) is 17.0. The molecule has 0 saturated carbocycles. The van der Waals surface area contributed by atoms with Crippen molar-refractivity contribution in [2.45, 2.75) is 19.9 Å². The van der Waals surface area contributed by atoms with Crippen LogP contribution in [0.1, 0.15) is 17.7 Å². The average Bonchev–Trinajstić information content (AvgIpc) is 2.87. The lowest BCUT2D eigenvalue weighted by Crippen LogP contribution is -2.31. The Labute approximate surface area is 164 Å². The Morgan fingerprint density at radius 1 is 1.28 bits per heavy atom. The van der Waals surface area contributed by atoms with Crippen LogP contribution in [0.5, 0.6) is 0 Å². The summed E-state index contributed by atoms with van der Waals surface area (Å²) in [6, 6.07) is 7.43. The maximum Gasteiger partial charge on any atom is 0.171 e. The molecule has 1 heterocycles. The van der Waals surface area contributed by atoms with E-state index in [1.165, 1.54) is 0 Å². The molecule has 0 fully saturated rings. The van der Waals surface area contributed by atoms with E-state index in [9.17, 15) is 0 Å². The normalized spacial score (nSPS) is 11.0. The molecule has 0 aliphatic rings. The lowest BCUT2D eigenvalue weighted by Gasteiger charge is -2.11. The molecule has 0 aliphatic carbocycles. The van der Waals surface area contributed by atoms with Gasteiger partial charge in [0.2, 0.25) is 0 Å². The molecule has 2 N–H and O–H groups in total. The van der Waals surface area contributed by atoms with Gasteiger partial charge in [0.05, 0.1) is 6.54 Å². The van der Waals surface area contributed by atoms with Crippen molar-refractivity contribution in [1.82, 2.24) is 20.0 Å². The Morgan fingerprint density at radius 2 is 1.96 bits per heavy atom. The molecule has 8 heteroatoms. The molecule has 0 unspecified atom stereocenters. The molecule has 2 rings (SSSR count). The van der Waals surface area contributed by atoms with Gasteiger partial charge in [0.25, 0.3) is 0 Å². The monoisotopic (exact) mass is 399 g/mol. The van der Waals surface area contributed by atoms with E-state index in [1.807, 2.05) is 35.9 Å². The second-order valence-electron chi connectivity index (χ2n) is 6.07. The third-order valence-corrected chi connectivity index (χ3v) is 4.61. The standard InChI is InChI=1S/C17H23Cl2N5S/c1-12-10-16(21-17(25)20-8-5-9-23(2)3)22-24(12)11-13-14(18)6-4-7-15(13)19/h4,6-7,10H,5,8-9,11H2,1-3H3,(H2,20,21,22,25). The second-order valence-corrected chi connectivity index (χ2v) is 7.29. The van der Waals surface area contributed by atoms with Crippen molar-refractivity contribution < 1.29 is 0 Å². The van der Waals surface area contributed by atoms with E-state index in [1.54, 1.807) is 0 Å². The van der Waals surface area contributed by atoms with Gasteiger partial charge < -0.3 is 15.5 Å². The van der Waals surface area contributed by atoms with Gasteiger partial charge in [0.1, 0.15) is 0 Å². The third-order valence-electron chi connectivity index (χ3n) is 3.66. The summed E-state index contributed by atoms with van der Waals surface area (Å²) in [5.74, 6) is 0.700. The van der Waals surface area contributed by atoms with E-state index in [0.717, 1.165) is 30.8 Å². The molecular weight excluding hydrogens is 377 g/mol. The molecule has 1 aromatic heterocycles. The maximum atomic E-state index is 6.24. The molecule has 0 bridgehead atoms. The molecule has 0 aliphatic heterocycles. The number of hydrogen-bond acceptors (Lipinski definition) is 3. The van der Waals surface area contributed by atoms with Gasteiger partial charge in [0.15, 0.2) is 10.9 Å². The summed E-state index contributed by atoms with van der Waals surface area (Å²) in [5.41, 5.74) is 1.85. The van der Waals surface area contributed by atoms with Crippen molar-refractivity contribution >= 4 is 46.4 Å². The van der Waals surface area contributed by atoms with Gasteiger partial charge in [-0.2, -0.15) is 5.10 Å². The predicted octanol–water partition coefficient (Wildman–Crippen LogP) is 3.78. The van der Waals surface area contributed by atoms with Crippen LogP contribution in [0.3, 0.4) is 0 Å². The molecule has 0 atom stereocenters. The van der Waals surface area contributed by atoms with Crippen LogP contribution in [0.15, 0.2) is 24.3 Å². The Kier molecular flexibility index (Phi) is 7.50. The SMILES string of the molecule is Cc1cc(NC(=S)NCCCN(C)C)nn1Cc1c(Cl)cccc1Cl. The molecule has 136 valence electrons. The van der Waals surface area contributed by atoms with Gasteiger partial charge in [-0.1, -0.05) is 29.3 Å². The van der Waals surface area contributed by atoms with Crippen LogP contribution >= 0.6 is 35.4 Å². The minimum Gasteiger partial charge on any atom is -0.362 e. The number of nitrogens with zero attached hydrogens (tertiary/aromatic N) is 3. The highest BCUT2D eigenvalue weighted by Gasteiger charge is 2.10. The number of aryl methyl sites for hydroxylation is 1. The molecule has 0 amide bonds. The van der Waals surface area contributed by atoms with Crippen LogP contribution in [-0.4, -0.2) is 47.0 Å². The summed E-state index contributed by atoms with van der Waals surface area (Å²) < 4.78 is 1.85. The van der Waals surface area contributed by atoms with Crippen LogP contribution < -0.4 is 10.6 Å². The minimum atomic E-state index is 0.509. The Morgan fingerprint density at radius 3 is 2.60 bits per heavy atom. The fraction of sp³-hybridized carbons (Fsp3) is 0.412. The maximum absolute atomic E-state index is 6.24. The predicted molar refractivity (Wildman–Crippen MR) is 110 cm³/mol. The van der Waals surface area contributed by atoms with Gasteiger partial charge in [-0.3, -0.25) is 4.68 Å². The van der Waals surface area contributed by atoms with Gasteiger partial charge in [-0.05, 0) is 58.3 Å². The molecule has 0 saturated heterocycles. The molecule has 0 radical (unpaired) electrons. The third kappa shape index (κ3) is 6.15. The quantitative estimate of drug-likeness (QED) is 0.547. The van der Waals surface area contributed by atoms with Gasteiger partial charge in [-0.25, -0.2) is 0 Å². The zero-order valence-electron chi connectivity index (χ0n) is 14.6. The van der Waals surface area contributed by atoms with E-state index < -0.39 is 0 Å². The first-order chi connectivity index (χ1) is 11.9. The van der Waals surface area contributed by atoms with E-state index in [4.69, 9.17) is 35.4 Å². The summed E-state index contributed by atoms with van der Waals surface area (Å²) in [5, 5.41) is 12.7. The van der Waals surface area contributed by atoms with Crippen molar-refractivity contribution in [2.75, 3.05) is 32.5 Å². The molecule has 1 aromatic carbocycles. The number of nitrogens with one attached hydrogen (secondary N) is 2.